The topological polar surface area (TPSA) is 84.7 Å². The van der Waals surface area contributed by atoms with Gasteiger partial charge in [0.25, 0.3) is 5.69 Å². The molecular weight excluding hydrogens is 322 g/mol. The molecule has 0 radical (unpaired) electrons. The lowest BCUT2D eigenvalue weighted by atomic mass is 10.0. The summed E-state index contributed by atoms with van der Waals surface area (Å²) in [6.45, 7) is 1.50. The Balaban J connectivity index is 1.67. The molecule has 7 heteroatoms. The molecular formula is C18H19N3O4. The average Bonchev–Trinajstić information content (AvgIpc) is 2.63. The van der Waals surface area contributed by atoms with Gasteiger partial charge in [-0.3, -0.25) is 10.1 Å². The number of nitro groups is 1. The van der Waals surface area contributed by atoms with Crippen LogP contribution in [0, 0.1) is 10.1 Å². The van der Waals surface area contributed by atoms with Crippen molar-refractivity contribution in [1.82, 2.24) is 4.90 Å². The molecule has 0 aromatic heterocycles. The quantitative estimate of drug-likeness (QED) is 0.684. The van der Waals surface area contributed by atoms with Gasteiger partial charge in [0.2, 0.25) is 0 Å². The van der Waals surface area contributed by atoms with E-state index in [0.717, 1.165) is 5.56 Å². The molecule has 0 unspecified atom stereocenters. The summed E-state index contributed by atoms with van der Waals surface area (Å²) in [6.07, 6.45) is 0.717. The van der Waals surface area contributed by atoms with E-state index in [1.54, 1.807) is 4.90 Å². The van der Waals surface area contributed by atoms with E-state index in [0.29, 0.717) is 31.9 Å². The third kappa shape index (κ3) is 4.33. The zero-order chi connectivity index (χ0) is 17.6. The van der Waals surface area contributed by atoms with Gasteiger partial charge in [-0.25, -0.2) is 4.79 Å². The predicted octanol–water partition coefficient (Wildman–Crippen LogP) is 3.07. The monoisotopic (exact) mass is 341 g/mol. The molecule has 2 aromatic carbocycles. The summed E-state index contributed by atoms with van der Waals surface area (Å²) >= 11 is 0. The molecule has 1 aliphatic heterocycles. The van der Waals surface area contributed by atoms with Crippen molar-refractivity contribution < 1.29 is 14.5 Å². The second-order valence-corrected chi connectivity index (χ2v) is 5.85. The Hall–Kier alpha value is -2.93. The number of nitrogens with one attached hydrogen (secondary N) is 1. The maximum absolute atomic E-state index is 12.6. The van der Waals surface area contributed by atoms with Crippen LogP contribution < -0.4 is 5.32 Å². The molecule has 1 aliphatic rings. The van der Waals surface area contributed by atoms with Crippen molar-refractivity contribution in [3.63, 3.8) is 0 Å². The number of amides is 2. The second-order valence-electron chi connectivity index (χ2n) is 5.85. The lowest BCUT2D eigenvalue weighted by molar-refractivity contribution is -0.384. The van der Waals surface area contributed by atoms with Crippen LogP contribution in [0.3, 0.4) is 0 Å². The van der Waals surface area contributed by atoms with Gasteiger partial charge in [0.1, 0.15) is 0 Å². The van der Waals surface area contributed by atoms with Gasteiger partial charge >= 0.3 is 6.03 Å². The Bertz CT molecular complexity index is 734. The van der Waals surface area contributed by atoms with Crippen molar-refractivity contribution in [3.05, 3.63) is 70.3 Å². The fourth-order valence-corrected chi connectivity index (χ4v) is 2.84. The molecule has 1 atom stereocenters. The minimum absolute atomic E-state index is 0.00803. The third-order valence-corrected chi connectivity index (χ3v) is 4.13. The summed E-state index contributed by atoms with van der Waals surface area (Å²) in [5, 5.41) is 13.5. The summed E-state index contributed by atoms with van der Waals surface area (Å²) in [6, 6.07) is 15.5. The van der Waals surface area contributed by atoms with E-state index in [2.05, 4.69) is 5.32 Å². The van der Waals surface area contributed by atoms with Gasteiger partial charge in [-0.2, -0.15) is 0 Å². The number of hydrogen-bond acceptors (Lipinski definition) is 4. The molecule has 0 spiro atoms. The van der Waals surface area contributed by atoms with Crippen LogP contribution in [0.1, 0.15) is 5.56 Å². The number of anilines is 1. The number of ether oxygens (including phenoxy) is 1. The third-order valence-electron chi connectivity index (χ3n) is 4.13. The summed E-state index contributed by atoms with van der Waals surface area (Å²) < 4.78 is 5.53. The number of morpholine rings is 1. The largest absolute Gasteiger partial charge is 0.377 e. The molecule has 1 fully saturated rings. The molecule has 0 saturated carbocycles. The van der Waals surface area contributed by atoms with Gasteiger partial charge in [0, 0.05) is 24.4 Å². The highest BCUT2D eigenvalue weighted by Crippen LogP contribution is 2.18. The molecule has 1 saturated heterocycles. The number of non-ortho nitro benzene ring substituents is 1. The number of hydrogen-bond donors (Lipinski definition) is 1. The van der Waals surface area contributed by atoms with E-state index in [1.165, 1.54) is 24.3 Å². The lowest BCUT2D eigenvalue weighted by Gasteiger charge is -2.35. The van der Waals surface area contributed by atoms with Gasteiger partial charge in [-0.1, -0.05) is 30.3 Å². The highest BCUT2D eigenvalue weighted by molar-refractivity contribution is 5.89. The minimum Gasteiger partial charge on any atom is -0.377 e. The van der Waals surface area contributed by atoms with E-state index in [4.69, 9.17) is 4.74 Å². The van der Waals surface area contributed by atoms with Crippen molar-refractivity contribution in [2.45, 2.75) is 12.5 Å². The van der Waals surface area contributed by atoms with Crippen LogP contribution in [0.4, 0.5) is 16.2 Å². The highest BCUT2D eigenvalue weighted by atomic mass is 16.6. The van der Waals surface area contributed by atoms with Crippen LogP contribution in [0.2, 0.25) is 0 Å². The van der Waals surface area contributed by atoms with Gasteiger partial charge in [-0.05, 0) is 24.1 Å². The lowest BCUT2D eigenvalue weighted by Crippen LogP contribution is -2.51. The van der Waals surface area contributed by atoms with Gasteiger partial charge in [0.05, 0.1) is 24.2 Å². The van der Waals surface area contributed by atoms with Gasteiger partial charge in [0.15, 0.2) is 0 Å². The van der Waals surface area contributed by atoms with Crippen molar-refractivity contribution >= 4 is 17.4 Å². The minimum atomic E-state index is -0.469. The smallest absolute Gasteiger partial charge is 0.322 e. The SMILES string of the molecule is O=C(Nc1ccc([N+](=O)[O-])cc1)N1CCOC[C@@H]1Cc1ccccc1. The maximum Gasteiger partial charge on any atom is 0.322 e. The zero-order valence-corrected chi connectivity index (χ0v) is 13.6. The van der Waals surface area contributed by atoms with Crippen molar-refractivity contribution in [2.24, 2.45) is 0 Å². The van der Waals surface area contributed by atoms with Crippen LogP contribution in [-0.4, -0.2) is 41.7 Å². The fraction of sp³-hybridized carbons (Fsp3) is 0.278. The molecule has 0 aliphatic carbocycles. The number of urea groups is 1. The molecule has 0 bridgehead atoms. The van der Waals surface area contributed by atoms with Crippen LogP contribution >= 0.6 is 0 Å². The molecule has 130 valence electrons. The fourth-order valence-electron chi connectivity index (χ4n) is 2.84. The normalized spacial score (nSPS) is 17.1. The Labute approximate surface area is 145 Å². The molecule has 3 rings (SSSR count). The molecule has 2 aromatic rings. The first-order valence-electron chi connectivity index (χ1n) is 8.07. The van der Waals surface area contributed by atoms with Crippen molar-refractivity contribution in [3.8, 4) is 0 Å². The Morgan fingerprint density at radius 2 is 1.92 bits per heavy atom. The Kier molecular flexibility index (Phi) is 5.25. The standard InChI is InChI=1S/C18H19N3O4/c22-18(19-15-6-8-16(9-7-15)21(23)24)20-10-11-25-13-17(20)12-14-4-2-1-3-5-14/h1-9,17H,10-13H2,(H,19,22)/t17-/m0/s1. The Morgan fingerprint density at radius 3 is 2.60 bits per heavy atom. The average molecular weight is 341 g/mol. The van der Waals surface area contributed by atoms with Crippen LogP contribution in [0.5, 0.6) is 0 Å². The van der Waals surface area contributed by atoms with Gasteiger partial charge in [-0.15, -0.1) is 0 Å². The van der Waals surface area contributed by atoms with E-state index in [-0.39, 0.29) is 17.8 Å². The Morgan fingerprint density at radius 1 is 1.20 bits per heavy atom. The van der Waals surface area contributed by atoms with E-state index < -0.39 is 4.92 Å². The first-order chi connectivity index (χ1) is 12.1. The maximum atomic E-state index is 12.6. The van der Waals surface area contributed by atoms with Crippen LogP contribution in [-0.2, 0) is 11.2 Å². The molecule has 7 nitrogen and oxygen atoms in total. The number of carbonyl (C=O) groups excluding carboxylic acids is 1. The number of rotatable bonds is 4. The second kappa shape index (κ2) is 7.76. The van der Waals surface area contributed by atoms with E-state index >= 15 is 0 Å². The van der Waals surface area contributed by atoms with Crippen LogP contribution in [0.25, 0.3) is 0 Å². The highest BCUT2D eigenvalue weighted by Gasteiger charge is 2.27. The summed E-state index contributed by atoms with van der Waals surface area (Å²) in [5.74, 6) is 0. The summed E-state index contributed by atoms with van der Waals surface area (Å²) in [7, 11) is 0. The first kappa shape index (κ1) is 16.9. The number of benzene rings is 2. The van der Waals surface area contributed by atoms with Gasteiger partial charge < -0.3 is 15.0 Å². The molecule has 1 N–H and O–H groups in total. The van der Waals surface area contributed by atoms with E-state index in [9.17, 15) is 14.9 Å². The number of nitro benzene ring substituents is 1. The predicted molar refractivity (Wildman–Crippen MR) is 93.6 cm³/mol. The number of carbonyl (C=O) groups is 1. The van der Waals surface area contributed by atoms with Crippen LogP contribution in [0.15, 0.2) is 54.6 Å². The van der Waals surface area contributed by atoms with Crippen molar-refractivity contribution in [2.75, 3.05) is 25.1 Å². The molecule has 2 amide bonds. The molecule has 25 heavy (non-hydrogen) atoms. The summed E-state index contributed by atoms with van der Waals surface area (Å²) in [5.41, 5.74) is 1.66. The van der Waals surface area contributed by atoms with Crippen molar-refractivity contribution in [1.29, 1.82) is 0 Å². The summed E-state index contributed by atoms with van der Waals surface area (Å²) in [4.78, 5) is 24.6. The van der Waals surface area contributed by atoms with E-state index in [1.807, 2.05) is 30.3 Å². The first-order valence-corrected chi connectivity index (χ1v) is 8.07. The number of nitrogens with zero attached hydrogens (tertiary/aromatic N) is 2. The molecule has 1 heterocycles. The zero-order valence-electron chi connectivity index (χ0n) is 13.6.